The molecule has 0 saturated carbocycles. The average molecular weight is 284 g/mol. The fraction of sp³-hybridized carbons (Fsp3) is 0.462. The van der Waals surface area contributed by atoms with Gasteiger partial charge in [-0.2, -0.15) is 0 Å². The van der Waals surface area contributed by atoms with Crippen molar-refractivity contribution in [1.29, 1.82) is 0 Å². The summed E-state index contributed by atoms with van der Waals surface area (Å²) in [6, 6.07) is 8.30. The van der Waals surface area contributed by atoms with E-state index in [0.717, 1.165) is 24.7 Å². The molecule has 1 aromatic rings. The molecular formula is C13H18BrNO. The molecule has 1 rings (SSSR count). The Balaban J connectivity index is 2.26. The van der Waals surface area contributed by atoms with Crippen LogP contribution in [-0.2, 0) is 11.2 Å². The molecule has 16 heavy (non-hydrogen) atoms. The number of hydrogen-bond donors (Lipinski definition) is 1. The maximum absolute atomic E-state index is 11.4. The molecule has 0 atom stereocenters. The molecule has 0 aliphatic carbocycles. The van der Waals surface area contributed by atoms with Crippen LogP contribution in [0.25, 0.3) is 0 Å². The summed E-state index contributed by atoms with van der Waals surface area (Å²) in [6.07, 6.45) is 2.38. The maximum atomic E-state index is 11.4. The summed E-state index contributed by atoms with van der Waals surface area (Å²) < 4.78 is 0. The molecule has 0 aliphatic heterocycles. The van der Waals surface area contributed by atoms with Crippen LogP contribution in [0.4, 0.5) is 0 Å². The van der Waals surface area contributed by atoms with E-state index in [4.69, 9.17) is 0 Å². The number of nitrogens with one attached hydrogen (secondary N) is 1. The lowest BCUT2D eigenvalue weighted by molar-refractivity contribution is -0.121. The van der Waals surface area contributed by atoms with Gasteiger partial charge in [-0.3, -0.25) is 4.79 Å². The van der Waals surface area contributed by atoms with Gasteiger partial charge >= 0.3 is 0 Å². The third kappa shape index (κ3) is 5.31. The number of alkyl halides is 1. The van der Waals surface area contributed by atoms with Crippen molar-refractivity contribution in [1.82, 2.24) is 5.32 Å². The van der Waals surface area contributed by atoms with Crippen molar-refractivity contribution in [2.45, 2.75) is 26.2 Å². The molecule has 0 aliphatic rings. The maximum Gasteiger partial charge on any atom is 0.220 e. The average Bonchev–Trinajstić information content (AvgIpc) is 2.27. The van der Waals surface area contributed by atoms with Gasteiger partial charge in [-0.25, -0.2) is 0 Å². The minimum absolute atomic E-state index is 0.141. The van der Waals surface area contributed by atoms with E-state index in [2.05, 4.69) is 46.4 Å². The minimum atomic E-state index is 0.141. The Hall–Kier alpha value is -0.830. The molecule has 0 saturated heterocycles. The van der Waals surface area contributed by atoms with Gasteiger partial charge in [0, 0.05) is 18.3 Å². The van der Waals surface area contributed by atoms with Gasteiger partial charge < -0.3 is 5.32 Å². The van der Waals surface area contributed by atoms with Crippen LogP contribution in [0.3, 0.4) is 0 Å². The van der Waals surface area contributed by atoms with Crippen LogP contribution in [0.2, 0.25) is 0 Å². The Morgan fingerprint density at radius 2 is 2.25 bits per heavy atom. The number of aryl methyl sites for hydroxylation is 2. The summed E-state index contributed by atoms with van der Waals surface area (Å²) in [5.74, 6) is 0.141. The summed E-state index contributed by atoms with van der Waals surface area (Å²) in [4.78, 5) is 11.4. The minimum Gasteiger partial charge on any atom is -0.356 e. The van der Waals surface area contributed by atoms with E-state index in [1.165, 1.54) is 11.1 Å². The third-order valence-corrected chi connectivity index (χ3v) is 2.92. The summed E-state index contributed by atoms with van der Waals surface area (Å²) in [6.45, 7) is 2.83. The molecule has 0 spiro atoms. The highest BCUT2D eigenvalue weighted by Crippen LogP contribution is 2.06. The van der Waals surface area contributed by atoms with Crippen molar-refractivity contribution in [3.05, 3.63) is 35.4 Å². The zero-order valence-electron chi connectivity index (χ0n) is 9.63. The van der Waals surface area contributed by atoms with Crippen LogP contribution >= 0.6 is 15.9 Å². The number of carbonyl (C=O) groups is 1. The molecular weight excluding hydrogens is 266 g/mol. The number of hydrogen-bond acceptors (Lipinski definition) is 1. The lowest BCUT2D eigenvalue weighted by Crippen LogP contribution is -2.24. The first-order chi connectivity index (χ1) is 7.72. The SMILES string of the molecule is Cc1cccc(CCC(=O)NCCCBr)c1. The number of rotatable bonds is 6. The lowest BCUT2D eigenvalue weighted by Gasteiger charge is -2.04. The van der Waals surface area contributed by atoms with E-state index in [-0.39, 0.29) is 5.91 Å². The van der Waals surface area contributed by atoms with Crippen molar-refractivity contribution < 1.29 is 4.79 Å². The second-order valence-corrected chi connectivity index (χ2v) is 4.67. The highest BCUT2D eigenvalue weighted by Gasteiger charge is 2.01. The fourth-order valence-corrected chi connectivity index (χ4v) is 1.79. The quantitative estimate of drug-likeness (QED) is 0.631. The summed E-state index contributed by atoms with van der Waals surface area (Å²) >= 11 is 3.33. The van der Waals surface area contributed by atoms with Crippen molar-refractivity contribution in [2.75, 3.05) is 11.9 Å². The molecule has 0 bridgehead atoms. The first kappa shape index (κ1) is 13.2. The summed E-state index contributed by atoms with van der Waals surface area (Å²) in [5.41, 5.74) is 2.48. The van der Waals surface area contributed by atoms with E-state index in [1.807, 2.05) is 6.07 Å². The molecule has 0 radical (unpaired) electrons. The number of amides is 1. The lowest BCUT2D eigenvalue weighted by atomic mass is 10.1. The van der Waals surface area contributed by atoms with E-state index < -0.39 is 0 Å². The van der Waals surface area contributed by atoms with E-state index in [9.17, 15) is 4.79 Å². The number of carbonyl (C=O) groups excluding carboxylic acids is 1. The predicted octanol–water partition coefficient (Wildman–Crippen LogP) is 2.83. The van der Waals surface area contributed by atoms with Gasteiger partial charge in [-0.15, -0.1) is 0 Å². The van der Waals surface area contributed by atoms with Gasteiger partial charge in [0.2, 0.25) is 5.91 Å². The smallest absolute Gasteiger partial charge is 0.220 e. The second kappa shape index (κ2) is 7.44. The first-order valence-corrected chi connectivity index (χ1v) is 6.72. The predicted molar refractivity (Wildman–Crippen MR) is 70.9 cm³/mol. The van der Waals surface area contributed by atoms with Crippen LogP contribution in [0, 0.1) is 6.92 Å². The van der Waals surface area contributed by atoms with E-state index in [0.29, 0.717) is 6.42 Å². The Kier molecular flexibility index (Phi) is 6.16. The summed E-state index contributed by atoms with van der Waals surface area (Å²) in [5, 5.41) is 3.84. The monoisotopic (exact) mass is 283 g/mol. The molecule has 1 aromatic carbocycles. The Morgan fingerprint density at radius 3 is 2.94 bits per heavy atom. The highest BCUT2D eigenvalue weighted by atomic mass is 79.9. The molecule has 3 heteroatoms. The van der Waals surface area contributed by atoms with Gasteiger partial charge in [0.05, 0.1) is 0 Å². The Morgan fingerprint density at radius 1 is 1.44 bits per heavy atom. The van der Waals surface area contributed by atoms with Gasteiger partial charge in [0.1, 0.15) is 0 Å². The van der Waals surface area contributed by atoms with Crippen LogP contribution in [0.15, 0.2) is 24.3 Å². The van der Waals surface area contributed by atoms with Crippen molar-refractivity contribution in [3.63, 3.8) is 0 Å². The van der Waals surface area contributed by atoms with E-state index >= 15 is 0 Å². The van der Waals surface area contributed by atoms with Crippen molar-refractivity contribution in [3.8, 4) is 0 Å². The normalized spacial score (nSPS) is 10.1. The third-order valence-electron chi connectivity index (χ3n) is 2.36. The van der Waals surface area contributed by atoms with Crippen LogP contribution in [0.1, 0.15) is 24.0 Å². The first-order valence-electron chi connectivity index (χ1n) is 5.60. The van der Waals surface area contributed by atoms with Gasteiger partial charge in [0.25, 0.3) is 0 Å². The van der Waals surface area contributed by atoms with Crippen molar-refractivity contribution >= 4 is 21.8 Å². The largest absolute Gasteiger partial charge is 0.356 e. The number of benzene rings is 1. The molecule has 1 amide bonds. The number of halogens is 1. The van der Waals surface area contributed by atoms with Crippen LogP contribution in [0.5, 0.6) is 0 Å². The van der Waals surface area contributed by atoms with E-state index in [1.54, 1.807) is 0 Å². The molecule has 88 valence electrons. The molecule has 0 aromatic heterocycles. The molecule has 1 N–H and O–H groups in total. The molecule has 0 unspecified atom stereocenters. The van der Waals surface area contributed by atoms with Crippen molar-refractivity contribution in [2.24, 2.45) is 0 Å². The molecule has 0 heterocycles. The van der Waals surface area contributed by atoms with Gasteiger partial charge in [0.15, 0.2) is 0 Å². The second-order valence-electron chi connectivity index (χ2n) is 3.88. The Bertz CT molecular complexity index is 338. The molecule has 2 nitrogen and oxygen atoms in total. The van der Waals surface area contributed by atoms with Gasteiger partial charge in [-0.05, 0) is 25.3 Å². The van der Waals surface area contributed by atoms with Gasteiger partial charge in [-0.1, -0.05) is 45.8 Å². The zero-order valence-corrected chi connectivity index (χ0v) is 11.2. The zero-order chi connectivity index (χ0) is 11.8. The topological polar surface area (TPSA) is 29.1 Å². The van der Waals surface area contributed by atoms with Crippen LogP contribution < -0.4 is 5.32 Å². The fourth-order valence-electron chi connectivity index (χ4n) is 1.51. The molecule has 0 fully saturated rings. The summed E-state index contributed by atoms with van der Waals surface area (Å²) in [7, 11) is 0. The standard InChI is InChI=1S/C13H18BrNO/c1-11-4-2-5-12(10-11)6-7-13(16)15-9-3-8-14/h2,4-5,10H,3,6-9H2,1H3,(H,15,16). The Labute approximate surface area is 106 Å². The highest BCUT2D eigenvalue weighted by molar-refractivity contribution is 9.09. The van der Waals surface area contributed by atoms with Crippen LogP contribution in [-0.4, -0.2) is 17.8 Å².